The van der Waals surface area contributed by atoms with Crippen molar-refractivity contribution in [1.29, 1.82) is 0 Å². The lowest BCUT2D eigenvalue weighted by atomic mass is 9.92. The van der Waals surface area contributed by atoms with Gasteiger partial charge in [-0.1, -0.05) is 27.7 Å². The van der Waals surface area contributed by atoms with E-state index in [4.69, 9.17) is 9.84 Å². The van der Waals surface area contributed by atoms with Crippen LogP contribution in [0.15, 0.2) is 0 Å². The molecule has 0 aromatic carbocycles. The van der Waals surface area contributed by atoms with Gasteiger partial charge in [0.2, 0.25) is 17.7 Å². The maximum atomic E-state index is 12.7. The number of carboxylic acids is 1. The number of aliphatic carboxylic acids is 1. The number of rotatable bonds is 16. The third-order valence-electron chi connectivity index (χ3n) is 4.56. The van der Waals surface area contributed by atoms with Crippen molar-refractivity contribution in [2.75, 3.05) is 24.7 Å². The summed E-state index contributed by atoms with van der Waals surface area (Å²) in [5.74, 6) is -0.657. The summed E-state index contributed by atoms with van der Waals surface area (Å²) in [6.07, 6.45) is 0.632. The molecule has 0 aliphatic carbocycles. The van der Waals surface area contributed by atoms with Crippen LogP contribution in [0.2, 0.25) is 0 Å². The standard InChI is InChI=1S/C23H43N3O6S/c1-8-33-15-17(26-18(27)9-10-20(29)30)21(31)25-16(2)14-32-23(6,7)11-12-24-19(28)13-22(3,4)5/h16-17H,8-15H2,1-7H3,(H,24,28)(H,25,31)(H,26,27)(H,29,30)/t16?,17-/m0/s1. The molecule has 0 saturated carbocycles. The molecule has 9 nitrogen and oxygen atoms in total. The van der Waals surface area contributed by atoms with Gasteiger partial charge in [0, 0.05) is 31.2 Å². The van der Waals surface area contributed by atoms with Gasteiger partial charge >= 0.3 is 5.97 Å². The molecule has 1 unspecified atom stereocenters. The highest BCUT2D eigenvalue weighted by Crippen LogP contribution is 2.18. The van der Waals surface area contributed by atoms with Gasteiger partial charge < -0.3 is 25.8 Å². The van der Waals surface area contributed by atoms with Gasteiger partial charge in [-0.2, -0.15) is 11.8 Å². The van der Waals surface area contributed by atoms with E-state index in [9.17, 15) is 19.2 Å². The number of carbonyl (C=O) groups is 4. The Labute approximate surface area is 202 Å². The zero-order valence-corrected chi connectivity index (χ0v) is 22.0. The highest BCUT2D eigenvalue weighted by atomic mass is 32.2. The average Bonchev–Trinajstić information content (AvgIpc) is 2.66. The van der Waals surface area contributed by atoms with Crippen LogP contribution in [-0.2, 0) is 23.9 Å². The third-order valence-corrected chi connectivity index (χ3v) is 5.54. The van der Waals surface area contributed by atoms with Crippen molar-refractivity contribution in [2.45, 2.75) is 91.8 Å². The number of amides is 3. The van der Waals surface area contributed by atoms with Crippen molar-refractivity contribution in [3.8, 4) is 0 Å². The van der Waals surface area contributed by atoms with Crippen LogP contribution in [0.5, 0.6) is 0 Å². The second-order valence-electron chi connectivity index (χ2n) is 9.99. The van der Waals surface area contributed by atoms with Crippen LogP contribution in [0, 0.1) is 5.41 Å². The van der Waals surface area contributed by atoms with E-state index in [2.05, 4.69) is 16.0 Å². The van der Waals surface area contributed by atoms with Gasteiger partial charge in [0.1, 0.15) is 6.04 Å². The average molecular weight is 490 g/mol. The Kier molecular flexibility index (Phi) is 14.3. The number of carbonyl (C=O) groups excluding carboxylic acids is 3. The quantitative estimate of drug-likeness (QED) is 0.261. The maximum absolute atomic E-state index is 12.7. The first kappa shape index (κ1) is 31.2. The van der Waals surface area contributed by atoms with Gasteiger partial charge in [0.15, 0.2) is 0 Å². The fourth-order valence-corrected chi connectivity index (χ4v) is 3.47. The second kappa shape index (κ2) is 15.2. The predicted molar refractivity (Wildman–Crippen MR) is 131 cm³/mol. The highest BCUT2D eigenvalue weighted by Gasteiger charge is 2.24. The van der Waals surface area contributed by atoms with Crippen LogP contribution in [0.1, 0.15) is 74.1 Å². The van der Waals surface area contributed by atoms with E-state index < -0.39 is 23.5 Å². The monoisotopic (exact) mass is 489 g/mol. The van der Waals surface area contributed by atoms with E-state index in [1.54, 1.807) is 0 Å². The van der Waals surface area contributed by atoms with Gasteiger partial charge in [-0.3, -0.25) is 19.2 Å². The Morgan fingerprint density at radius 3 is 2.18 bits per heavy atom. The Morgan fingerprint density at radius 1 is 1.00 bits per heavy atom. The minimum absolute atomic E-state index is 0.0142. The van der Waals surface area contributed by atoms with Crippen LogP contribution < -0.4 is 16.0 Å². The smallest absolute Gasteiger partial charge is 0.303 e. The summed E-state index contributed by atoms with van der Waals surface area (Å²) in [5, 5.41) is 17.1. The van der Waals surface area contributed by atoms with Gasteiger partial charge in [0.05, 0.1) is 18.6 Å². The largest absolute Gasteiger partial charge is 0.481 e. The van der Waals surface area contributed by atoms with E-state index in [1.807, 2.05) is 48.5 Å². The topological polar surface area (TPSA) is 134 Å². The van der Waals surface area contributed by atoms with Crippen LogP contribution >= 0.6 is 11.8 Å². The van der Waals surface area contributed by atoms with E-state index in [0.717, 1.165) is 5.75 Å². The first-order valence-electron chi connectivity index (χ1n) is 11.4. The van der Waals surface area contributed by atoms with E-state index in [-0.39, 0.29) is 42.7 Å². The summed E-state index contributed by atoms with van der Waals surface area (Å²) in [5.41, 5.74) is -0.552. The molecule has 0 rings (SSSR count). The zero-order chi connectivity index (χ0) is 25.7. The molecule has 4 N–H and O–H groups in total. The number of thioether (sulfide) groups is 1. The fraction of sp³-hybridized carbons (Fsp3) is 0.826. The molecular formula is C23H43N3O6S. The first-order valence-corrected chi connectivity index (χ1v) is 12.6. The molecule has 0 aromatic rings. The fourth-order valence-electron chi connectivity index (χ4n) is 2.76. The minimum Gasteiger partial charge on any atom is -0.481 e. The molecule has 0 aliphatic rings. The summed E-state index contributed by atoms with van der Waals surface area (Å²) in [6, 6.07) is -1.04. The van der Waals surface area contributed by atoms with Crippen molar-refractivity contribution in [3.05, 3.63) is 0 Å². The van der Waals surface area contributed by atoms with Crippen molar-refractivity contribution >= 4 is 35.5 Å². The van der Waals surface area contributed by atoms with Crippen molar-refractivity contribution < 1.29 is 29.0 Å². The number of nitrogens with one attached hydrogen (secondary N) is 3. The van der Waals surface area contributed by atoms with Gasteiger partial charge in [0.25, 0.3) is 0 Å². The molecule has 0 bridgehead atoms. The number of carboxylic acid groups (broad SMARTS) is 1. The minimum atomic E-state index is -1.06. The molecule has 0 saturated heterocycles. The summed E-state index contributed by atoms with van der Waals surface area (Å²) in [6.45, 7) is 14.5. The van der Waals surface area contributed by atoms with Crippen molar-refractivity contribution in [2.24, 2.45) is 5.41 Å². The van der Waals surface area contributed by atoms with Gasteiger partial charge in [-0.15, -0.1) is 0 Å². The van der Waals surface area contributed by atoms with E-state index >= 15 is 0 Å². The van der Waals surface area contributed by atoms with Gasteiger partial charge in [-0.25, -0.2) is 0 Å². The van der Waals surface area contributed by atoms with Gasteiger partial charge in [-0.05, 0) is 38.4 Å². The molecular weight excluding hydrogens is 446 g/mol. The molecule has 0 spiro atoms. The Hall–Kier alpha value is -1.81. The highest BCUT2D eigenvalue weighted by molar-refractivity contribution is 7.99. The van der Waals surface area contributed by atoms with Crippen molar-refractivity contribution in [3.63, 3.8) is 0 Å². The molecule has 0 aromatic heterocycles. The number of hydrogen-bond acceptors (Lipinski definition) is 6. The Bertz CT molecular complexity index is 649. The van der Waals surface area contributed by atoms with Crippen LogP contribution in [0.25, 0.3) is 0 Å². The molecule has 10 heteroatoms. The molecule has 0 aliphatic heterocycles. The SMILES string of the molecule is CCSC[C@H](NC(=O)CCC(=O)O)C(=O)NC(C)COC(C)(C)CCNC(=O)CC(C)(C)C. The lowest BCUT2D eigenvalue weighted by Crippen LogP contribution is -2.51. The lowest BCUT2D eigenvalue weighted by molar-refractivity contribution is -0.139. The summed E-state index contributed by atoms with van der Waals surface area (Å²) < 4.78 is 5.96. The zero-order valence-electron chi connectivity index (χ0n) is 21.2. The summed E-state index contributed by atoms with van der Waals surface area (Å²) >= 11 is 1.51. The first-order chi connectivity index (χ1) is 15.1. The normalized spacial score (nSPS) is 13.7. The van der Waals surface area contributed by atoms with E-state index in [0.29, 0.717) is 25.1 Å². The molecule has 0 heterocycles. The number of ether oxygens (including phenoxy) is 1. The molecule has 0 radical (unpaired) electrons. The van der Waals surface area contributed by atoms with Crippen LogP contribution in [0.4, 0.5) is 0 Å². The Morgan fingerprint density at radius 2 is 1.64 bits per heavy atom. The third kappa shape index (κ3) is 17.3. The molecule has 2 atom stereocenters. The molecule has 33 heavy (non-hydrogen) atoms. The van der Waals surface area contributed by atoms with E-state index in [1.165, 1.54) is 11.8 Å². The lowest BCUT2D eigenvalue weighted by Gasteiger charge is -2.28. The molecule has 3 amide bonds. The molecule has 0 fully saturated rings. The summed E-state index contributed by atoms with van der Waals surface area (Å²) in [7, 11) is 0. The van der Waals surface area contributed by atoms with Crippen LogP contribution in [-0.4, -0.2) is 71.1 Å². The van der Waals surface area contributed by atoms with Crippen molar-refractivity contribution in [1.82, 2.24) is 16.0 Å². The second-order valence-corrected chi connectivity index (χ2v) is 11.3. The number of hydrogen-bond donors (Lipinski definition) is 4. The van der Waals surface area contributed by atoms with Crippen LogP contribution in [0.3, 0.4) is 0 Å². The molecule has 192 valence electrons. The predicted octanol–water partition coefficient (Wildman–Crippen LogP) is 2.33. The maximum Gasteiger partial charge on any atom is 0.303 e. The Balaban J connectivity index is 4.55. The summed E-state index contributed by atoms with van der Waals surface area (Å²) in [4.78, 5) is 47.2.